The van der Waals surface area contributed by atoms with Crippen LogP contribution < -0.4 is 10.1 Å². The summed E-state index contributed by atoms with van der Waals surface area (Å²) >= 11 is 0. The van der Waals surface area contributed by atoms with Gasteiger partial charge in [-0.1, -0.05) is 39.0 Å². The van der Waals surface area contributed by atoms with Crippen molar-refractivity contribution in [1.82, 2.24) is 5.32 Å². The van der Waals surface area contributed by atoms with Crippen molar-refractivity contribution >= 4 is 0 Å². The number of benzene rings is 1. The molecule has 102 valence electrons. The molecule has 0 aliphatic heterocycles. The molecule has 0 aliphatic carbocycles. The third-order valence-electron chi connectivity index (χ3n) is 2.59. The molecule has 0 saturated heterocycles. The minimum atomic E-state index is 0.169. The molecule has 1 aromatic carbocycles. The average Bonchev–Trinajstić information content (AvgIpc) is 2.37. The fourth-order valence-corrected chi connectivity index (χ4v) is 1.60. The van der Waals surface area contributed by atoms with E-state index in [2.05, 4.69) is 26.1 Å². The number of nitrogens with one attached hydrogen (secondary N) is 1. The lowest BCUT2D eigenvalue weighted by Crippen LogP contribution is -2.33. The van der Waals surface area contributed by atoms with Crippen molar-refractivity contribution in [2.45, 2.75) is 20.8 Å². The maximum atomic E-state index is 5.65. The van der Waals surface area contributed by atoms with Gasteiger partial charge in [0, 0.05) is 12.0 Å². The van der Waals surface area contributed by atoms with Crippen LogP contribution in [0.2, 0.25) is 0 Å². The quantitative estimate of drug-likeness (QED) is 0.685. The Morgan fingerprint density at radius 3 is 2.50 bits per heavy atom. The molecule has 1 aromatic rings. The van der Waals surface area contributed by atoms with Crippen LogP contribution in [0.4, 0.5) is 0 Å². The lowest BCUT2D eigenvalue weighted by atomic mass is 9.95. The average molecular weight is 251 g/mol. The van der Waals surface area contributed by atoms with Crippen LogP contribution in [0.1, 0.15) is 20.8 Å². The molecule has 0 saturated carbocycles. The molecule has 0 aliphatic rings. The van der Waals surface area contributed by atoms with Gasteiger partial charge in [0.1, 0.15) is 12.4 Å². The molecule has 1 N–H and O–H groups in total. The number of hydrogen-bond acceptors (Lipinski definition) is 3. The van der Waals surface area contributed by atoms with Crippen LogP contribution in [0.5, 0.6) is 5.75 Å². The SMILES string of the molecule is CCNCC(C)(C)COCCOc1ccccc1. The molecule has 3 heteroatoms. The van der Waals surface area contributed by atoms with E-state index < -0.39 is 0 Å². The molecule has 0 radical (unpaired) electrons. The maximum Gasteiger partial charge on any atom is 0.119 e. The molecule has 0 bridgehead atoms. The Morgan fingerprint density at radius 1 is 1.11 bits per heavy atom. The fourth-order valence-electron chi connectivity index (χ4n) is 1.60. The third kappa shape index (κ3) is 6.62. The van der Waals surface area contributed by atoms with Crippen molar-refractivity contribution in [2.75, 3.05) is 32.9 Å². The zero-order chi connectivity index (χ0) is 13.3. The molecule has 0 heterocycles. The Labute approximate surface area is 110 Å². The first-order valence-electron chi connectivity index (χ1n) is 6.60. The highest BCUT2D eigenvalue weighted by Crippen LogP contribution is 2.14. The summed E-state index contributed by atoms with van der Waals surface area (Å²) < 4.78 is 11.2. The van der Waals surface area contributed by atoms with Crippen LogP contribution >= 0.6 is 0 Å². The van der Waals surface area contributed by atoms with Gasteiger partial charge in [-0.25, -0.2) is 0 Å². The predicted octanol–water partition coefficient (Wildman–Crippen LogP) is 2.72. The summed E-state index contributed by atoms with van der Waals surface area (Å²) in [4.78, 5) is 0. The van der Waals surface area contributed by atoms with E-state index in [1.807, 2.05) is 30.3 Å². The van der Waals surface area contributed by atoms with E-state index in [0.717, 1.165) is 25.4 Å². The summed E-state index contributed by atoms with van der Waals surface area (Å²) in [6.45, 7) is 10.5. The highest BCUT2D eigenvalue weighted by molar-refractivity contribution is 5.20. The normalized spacial score (nSPS) is 11.5. The van der Waals surface area contributed by atoms with Gasteiger partial charge in [-0.15, -0.1) is 0 Å². The largest absolute Gasteiger partial charge is 0.491 e. The fraction of sp³-hybridized carbons (Fsp3) is 0.600. The van der Waals surface area contributed by atoms with E-state index in [1.165, 1.54) is 0 Å². The second-order valence-electron chi connectivity index (χ2n) is 5.16. The first kappa shape index (κ1) is 15.0. The molecule has 0 fully saturated rings. The second-order valence-corrected chi connectivity index (χ2v) is 5.16. The van der Waals surface area contributed by atoms with Crippen LogP contribution in [0.25, 0.3) is 0 Å². The monoisotopic (exact) mass is 251 g/mol. The molecular formula is C15H25NO2. The molecule has 1 rings (SSSR count). The van der Waals surface area contributed by atoms with Crippen LogP contribution in [0.15, 0.2) is 30.3 Å². The molecular weight excluding hydrogens is 226 g/mol. The Balaban J connectivity index is 2.08. The van der Waals surface area contributed by atoms with E-state index in [1.54, 1.807) is 0 Å². The van der Waals surface area contributed by atoms with E-state index in [0.29, 0.717) is 13.2 Å². The lowest BCUT2D eigenvalue weighted by molar-refractivity contribution is 0.0443. The first-order valence-corrected chi connectivity index (χ1v) is 6.60. The Hall–Kier alpha value is -1.06. The number of ether oxygens (including phenoxy) is 2. The summed E-state index contributed by atoms with van der Waals surface area (Å²) in [5.41, 5.74) is 0.169. The Bertz CT molecular complexity index is 312. The van der Waals surface area contributed by atoms with E-state index in [-0.39, 0.29) is 5.41 Å². The number of hydrogen-bond donors (Lipinski definition) is 1. The van der Waals surface area contributed by atoms with E-state index in [4.69, 9.17) is 9.47 Å². The van der Waals surface area contributed by atoms with Crippen molar-refractivity contribution in [3.63, 3.8) is 0 Å². The van der Waals surface area contributed by atoms with Crippen LogP contribution in [-0.2, 0) is 4.74 Å². The third-order valence-corrected chi connectivity index (χ3v) is 2.59. The summed E-state index contributed by atoms with van der Waals surface area (Å²) in [6.07, 6.45) is 0. The van der Waals surface area contributed by atoms with E-state index in [9.17, 15) is 0 Å². The minimum Gasteiger partial charge on any atom is -0.491 e. The molecule has 0 amide bonds. The van der Waals surface area contributed by atoms with Gasteiger partial charge >= 0.3 is 0 Å². The molecule has 18 heavy (non-hydrogen) atoms. The van der Waals surface area contributed by atoms with Gasteiger partial charge in [-0.3, -0.25) is 0 Å². The number of para-hydroxylation sites is 1. The van der Waals surface area contributed by atoms with Gasteiger partial charge in [0.25, 0.3) is 0 Å². The Morgan fingerprint density at radius 2 is 1.83 bits per heavy atom. The highest BCUT2D eigenvalue weighted by Gasteiger charge is 2.16. The van der Waals surface area contributed by atoms with Crippen molar-refractivity contribution in [3.05, 3.63) is 30.3 Å². The molecule has 0 unspecified atom stereocenters. The first-order chi connectivity index (χ1) is 8.64. The molecule has 0 aromatic heterocycles. The molecule has 3 nitrogen and oxygen atoms in total. The smallest absolute Gasteiger partial charge is 0.119 e. The van der Waals surface area contributed by atoms with Crippen molar-refractivity contribution in [2.24, 2.45) is 5.41 Å². The zero-order valence-electron chi connectivity index (χ0n) is 11.7. The maximum absolute atomic E-state index is 5.65. The summed E-state index contributed by atoms with van der Waals surface area (Å²) in [5, 5.41) is 3.34. The van der Waals surface area contributed by atoms with E-state index >= 15 is 0 Å². The summed E-state index contributed by atoms with van der Waals surface area (Å²) in [7, 11) is 0. The van der Waals surface area contributed by atoms with Crippen molar-refractivity contribution in [3.8, 4) is 5.75 Å². The minimum absolute atomic E-state index is 0.169. The second kappa shape index (κ2) is 8.11. The van der Waals surface area contributed by atoms with Crippen molar-refractivity contribution in [1.29, 1.82) is 0 Å². The van der Waals surface area contributed by atoms with Gasteiger partial charge in [0.15, 0.2) is 0 Å². The topological polar surface area (TPSA) is 30.5 Å². The van der Waals surface area contributed by atoms with Crippen LogP contribution in [0, 0.1) is 5.41 Å². The summed E-state index contributed by atoms with van der Waals surface area (Å²) in [5.74, 6) is 0.896. The van der Waals surface area contributed by atoms with Gasteiger partial charge in [0.05, 0.1) is 13.2 Å². The lowest BCUT2D eigenvalue weighted by Gasteiger charge is -2.24. The predicted molar refractivity (Wildman–Crippen MR) is 75.1 cm³/mol. The molecule has 0 atom stereocenters. The zero-order valence-corrected chi connectivity index (χ0v) is 11.7. The summed E-state index contributed by atoms with van der Waals surface area (Å²) in [6, 6.07) is 9.82. The van der Waals surface area contributed by atoms with Gasteiger partial charge < -0.3 is 14.8 Å². The van der Waals surface area contributed by atoms with Gasteiger partial charge in [0.2, 0.25) is 0 Å². The van der Waals surface area contributed by atoms with Gasteiger partial charge in [-0.2, -0.15) is 0 Å². The molecule has 0 spiro atoms. The van der Waals surface area contributed by atoms with Gasteiger partial charge in [-0.05, 0) is 18.7 Å². The Kier molecular flexibility index (Phi) is 6.76. The van der Waals surface area contributed by atoms with Crippen LogP contribution in [0.3, 0.4) is 0 Å². The van der Waals surface area contributed by atoms with Crippen molar-refractivity contribution < 1.29 is 9.47 Å². The number of rotatable bonds is 9. The standard InChI is InChI=1S/C15H25NO2/c1-4-16-12-15(2,3)13-17-10-11-18-14-8-6-5-7-9-14/h5-9,16H,4,10-13H2,1-3H3. The van der Waals surface area contributed by atoms with Crippen LogP contribution in [-0.4, -0.2) is 32.9 Å². The highest BCUT2D eigenvalue weighted by atomic mass is 16.5.